The molecule has 0 bridgehead atoms. The Morgan fingerprint density at radius 2 is 2.23 bits per heavy atom. The van der Waals surface area contributed by atoms with Gasteiger partial charge in [0.25, 0.3) is 0 Å². The second-order valence-electron chi connectivity index (χ2n) is 2.53. The molecule has 0 aliphatic carbocycles. The van der Waals surface area contributed by atoms with Gasteiger partial charge in [0.2, 0.25) is 0 Å². The molecule has 0 fully saturated rings. The highest BCUT2D eigenvalue weighted by Gasteiger charge is 2.00. The molecule has 0 aliphatic heterocycles. The van der Waals surface area contributed by atoms with E-state index in [2.05, 4.69) is 5.32 Å². The van der Waals surface area contributed by atoms with Crippen LogP contribution in [0, 0.1) is 0 Å². The predicted octanol–water partition coefficient (Wildman–Crippen LogP) is 2.63. The van der Waals surface area contributed by atoms with Crippen LogP contribution >= 0.6 is 23.2 Å². The Hall–Kier alpha value is -0.440. The molecule has 0 aliphatic rings. The summed E-state index contributed by atoms with van der Waals surface area (Å²) in [6.07, 6.45) is 0. The molecule has 72 valence electrons. The van der Waals surface area contributed by atoms with Crippen LogP contribution in [0.5, 0.6) is 5.75 Å². The van der Waals surface area contributed by atoms with E-state index in [4.69, 9.17) is 27.9 Å². The minimum absolute atomic E-state index is 0.434. The van der Waals surface area contributed by atoms with Gasteiger partial charge in [0, 0.05) is 6.54 Å². The number of hydrogen-bond donors (Lipinski definition) is 1. The average Bonchev–Trinajstić information content (AvgIpc) is 2.15. The molecule has 0 atom stereocenters. The fourth-order valence-electron chi connectivity index (χ4n) is 1.01. The van der Waals surface area contributed by atoms with Gasteiger partial charge in [0.1, 0.15) is 5.75 Å². The zero-order valence-electron chi connectivity index (χ0n) is 7.31. The topological polar surface area (TPSA) is 21.3 Å². The van der Waals surface area contributed by atoms with Crippen LogP contribution in [0.25, 0.3) is 0 Å². The Morgan fingerprint density at radius 3 is 2.77 bits per heavy atom. The zero-order valence-corrected chi connectivity index (χ0v) is 8.82. The minimum atomic E-state index is 0.434. The number of alkyl halides is 1. The van der Waals surface area contributed by atoms with Crippen LogP contribution in [0.3, 0.4) is 0 Å². The zero-order chi connectivity index (χ0) is 9.68. The van der Waals surface area contributed by atoms with Crippen LogP contribution in [0.2, 0.25) is 5.02 Å². The van der Waals surface area contributed by atoms with Gasteiger partial charge in [-0.05, 0) is 17.7 Å². The molecule has 0 aromatic heterocycles. The highest BCUT2D eigenvalue weighted by atomic mass is 35.5. The number of nitrogens with one attached hydrogen (secondary N) is 1. The van der Waals surface area contributed by atoms with E-state index in [1.807, 2.05) is 18.2 Å². The summed E-state index contributed by atoms with van der Waals surface area (Å²) in [5.74, 6) is 0.691. The van der Waals surface area contributed by atoms with Gasteiger partial charge in [0.05, 0.1) is 18.1 Å². The molecule has 1 aromatic carbocycles. The Bertz CT molecular complexity index is 278. The summed E-state index contributed by atoms with van der Waals surface area (Å²) in [7, 11) is 1.60. The summed E-state index contributed by atoms with van der Waals surface area (Å²) in [5, 5.41) is 3.62. The maximum atomic E-state index is 5.92. The molecular formula is C9H11Cl2NO. The molecule has 2 nitrogen and oxygen atoms in total. The van der Waals surface area contributed by atoms with E-state index in [0.29, 0.717) is 23.3 Å². The quantitative estimate of drug-likeness (QED) is 0.622. The summed E-state index contributed by atoms with van der Waals surface area (Å²) in [4.78, 5) is 0. The standard InChI is InChI=1S/C9H11Cl2NO/c1-13-9-3-2-7(4-8(9)11)5-12-6-10/h2-4,12H,5-6H2,1H3. The van der Waals surface area contributed by atoms with Crippen molar-refractivity contribution in [2.45, 2.75) is 6.54 Å². The Balaban J connectivity index is 2.71. The lowest BCUT2D eigenvalue weighted by Gasteiger charge is -2.05. The molecule has 1 rings (SSSR count). The molecule has 0 heterocycles. The fourth-order valence-corrected chi connectivity index (χ4v) is 1.39. The lowest BCUT2D eigenvalue weighted by molar-refractivity contribution is 0.415. The van der Waals surface area contributed by atoms with E-state index in [-0.39, 0.29) is 0 Å². The largest absolute Gasteiger partial charge is 0.495 e. The molecule has 0 radical (unpaired) electrons. The Labute approximate surface area is 87.8 Å². The summed E-state index contributed by atoms with van der Waals surface area (Å²) >= 11 is 11.4. The molecule has 0 amide bonds. The fraction of sp³-hybridized carbons (Fsp3) is 0.333. The van der Waals surface area contributed by atoms with Crippen molar-refractivity contribution in [1.29, 1.82) is 0 Å². The molecule has 0 saturated carbocycles. The third-order valence-electron chi connectivity index (χ3n) is 1.64. The summed E-state index contributed by atoms with van der Waals surface area (Å²) in [5.41, 5.74) is 1.09. The number of ether oxygens (including phenoxy) is 1. The van der Waals surface area contributed by atoms with Gasteiger partial charge in [-0.2, -0.15) is 0 Å². The van der Waals surface area contributed by atoms with Crippen molar-refractivity contribution in [2.24, 2.45) is 0 Å². The average molecular weight is 220 g/mol. The second kappa shape index (κ2) is 5.32. The smallest absolute Gasteiger partial charge is 0.137 e. The van der Waals surface area contributed by atoms with Crippen LogP contribution in [0.1, 0.15) is 5.56 Å². The first-order valence-corrected chi connectivity index (χ1v) is 4.78. The maximum absolute atomic E-state index is 5.92. The molecular weight excluding hydrogens is 209 g/mol. The molecule has 13 heavy (non-hydrogen) atoms. The number of rotatable bonds is 4. The van der Waals surface area contributed by atoms with Crippen molar-refractivity contribution in [3.05, 3.63) is 28.8 Å². The van der Waals surface area contributed by atoms with Crippen LogP contribution < -0.4 is 10.1 Å². The SMILES string of the molecule is COc1ccc(CNCCl)cc1Cl. The maximum Gasteiger partial charge on any atom is 0.137 e. The normalized spacial score (nSPS) is 10.1. The number of methoxy groups -OCH3 is 1. The van der Waals surface area contributed by atoms with E-state index in [1.165, 1.54) is 0 Å². The van der Waals surface area contributed by atoms with Crippen molar-refractivity contribution in [3.8, 4) is 5.75 Å². The minimum Gasteiger partial charge on any atom is -0.495 e. The van der Waals surface area contributed by atoms with E-state index in [1.54, 1.807) is 7.11 Å². The van der Waals surface area contributed by atoms with Gasteiger partial charge in [-0.1, -0.05) is 17.7 Å². The lowest BCUT2D eigenvalue weighted by Crippen LogP contribution is -2.09. The van der Waals surface area contributed by atoms with Gasteiger partial charge < -0.3 is 4.74 Å². The van der Waals surface area contributed by atoms with E-state index in [9.17, 15) is 0 Å². The van der Waals surface area contributed by atoms with Gasteiger partial charge in [0.15, 0.2) is 0 Å². The Kier molecular flexibility index (Phi) is 4.36. The van der Waals surface area contributed by atoms with Crippen molar-refractivity contribution < 1.29 is 4.74 Å². The van der Waals surface area contributed by atoms with Gasteiger partial charge in [-0.15, -0.1) is 11.6 Å². The van der Waals surface area contributed by atoms with E-state index >= 15 is 0 Å². The second-order valence-corrected chi connectivity index (χ2v) is 3.20. The third kappa shape index (κ3) is 3.07. The predicted molar refractivity (Wildman–Crippen MR) is 55.6 cm³/mol. The monoisotopic (exact) mass is 219 g/mol. The van der Waals surface area contributed by atoms with Gasteiger partial charge in [-0.3, -0.25) is 5.32 Å². The van der Waals surface area contributed by atoms with Gasteiger partial charge >= 0.3 is 0 Å². The van der Waals surface area contributed by atoms with Crippen molar-refractivity contribution in [2.75, 3.05) is 13.1 Å². The molecule has 0 spiro atoms. The van der Waals surface area contributed by atoms with Crippen molar-refractivity contribution in [1.82, 2.24) is 5.32 Å². The van der Waals surface area contributed by atoms with Crippen molar-refractivity contribution >= 4 is 23.2 Å². The molecule has 1 N–H and O–H groups in total. The van der Waals surface area contributed by atoms with Crippen LogP contribution in [-0.2, 0) is 6.54 Å². The first-order chi connectivity index (χ1) is 6.27. The molecule has 0 unspecified atom stereocenters. The first-order valence-electron chi connectivity index (χ1n) is 3.87. The number of halogens is 2. The van der Waals surface area contributed by atoms with Crippen LogP contribution in [0.4, 0.5) is 0 Å². The number of hydrogen-bond acceptors (Lipinski definition) is 2. The van der Waals surface area contributed by atoms with Crippen LogP contribution in [0.15, 0.2) is 18.2 Å². The highest BCUT2D eigenvalue weighted by Crippen LogP contribution is 2.24. The lowest BCUT2D eigenvalue weighted by atomic mass is 10.2. The first kappa shape index (κ1) is 10.6. The summed E-state index contributed by atoms with van der Waals surface area (Å²) in [6, 6.07) is 6.08. The Morgan fingerprint density at radius 1 is 1.46 bits per heavy atom. The van der Waals surface area contributed by atoms with E-state index in [0.717, 1.165) is 5.56 Å². The number of benzene rings is 1. The summed E-state index contributed by atoms with van der Waals surface area (Å²) in [6.45, 7) is 0.715. The third-order valence-corrected chi connectivity index (χ3v) is 2.12. The molecule has 1 aromatic rings. The summed E-state index contributed by atoms with van der Waals surface area (Å²) < 4.78 is 5.03. The molecule has 0 saturated heterocycles. The van der Waals surface area contributed by atoms with Crippen LogP contribution in [-0.4, -0.2) is 13.1 Å². The highest BCUT2D eigenvalue weighted by molar-refractivity contribution is 6.32. The van der Waals surface area contributed by atoms with Gasteiger partial charge in [-0.25, -0.2) is 0 Å². The van der Waals surface area contributed by atoms with Crippen molar-refractivity contribution in [3.63, 3.8) is 0 Å². The van der Waals surface area contributed by atoms with E-state index < -0.39 is 0 Å². The molecule has 4 heteroatoms.